The van der Waals surface area contributed by atoms with E-state index in [0.29, 0.717) is 53.7 Å². The van der Waals surface area contributed by atoms with Crippen molar-refractivity contribution in [1.29, 1.82) is 0 Å². The highest BCUT2D eigenvalue weighted by atomic mass is 35.5. The number of anilines is 1. The number of nitrogens with one attached hydrogen (secondary N) is 1. The van der Waals surface area contributed by atoms with Gasteiger partial charge >= 0.3 is 5.97 Å². The van der Waals surface area contributed by atoms with E-state index in [1.165, 1.54) is 24.2 Å². The molecule has 2 amide bonds. The van der Waals surface area contributed by atoms with Crippen LogP contribution in [0.2, 0.25) is 5.02 Å². The molecule has 1 N–H and O–H groups in total. The van der Waals surface area contributed by atoms with E-state index in [-0.39, 0.29) is 17.9 Å². The normalized spacial score (nSPS) is 19.6. The van der Waals surface area contributed by atoms with Crippen LogP contribution in [0.5, 0.6) is 0 Å². The molecule has 3 aromatic rings. The number of morpholine rings is 1. The van der Waals surface area contributed by atoms with Gasteiger partial charge in [0.1, 0.15) is 12.4 Å². The van der Waals surface area contributed by atoms with Crippen molar-refractivity contribution in [3.63, 3.8) is 0 Å². The number of esters is 1. The largest absolute Gasteiger partial charge is 0.465 e. The smallest absolute Gasteiger partial charge is 0.337 e. The summed E-state index contributed by atoms with van der Waals surface area (Å²) in [5, 5.41) is 14.7. The fourth-order valence-corrected chi connectivity index (χ4v) is 5.12. The summed E-state index contributed by atoms with van der Waals surface area (Å²) in [7, 11) is 1.31. The molecule has 208 valence electrons. The van der Waals surface area contributed by atoms with E-state index in [9.17, 15) is 14.4 Å². The fourth-order valence-electron chi connectivity index (χ4n) is 4.94. The molecule has 1 aromatic heterocycles. The Kier molecular flexibility index (Phi) is 8.48. The standard InChI is InChI=1S/C27H28ClN7O5/c1-39-27(38)18-2-6-21(7-3-18)30-26(37)24-15-22(33-10-12-40-13-11-33)16-34(24)25(36)9-4-19-14-20(28)5-8-23(19)35-17-29-31-32-35/h2-9,14,17,22,24H,10-13,15-16H2,1H3,(H,30,37)/b9-4+/t22-,24-/m0/s1. The van der Waals surface area contributed by atoms with Gasteiger partial charge in [0.25, 0.3) is 0 Å². The van der Waals surface area contributed by atoms with Gasteiger partial charge in [-0.3, -0.25) is 14.5 Å². The van der Waals surface area contributed by atoms with Gasteiger partial charge in [-0.05, 0) is 65.4 Å². The Morgan fingerprint density at radius 1 is 1.12 bits per heavy atom. The van der Waals surface area contributed by atoms with Gasteiger partial charge in [-0.2, -0.15) is 4.68 Å². The van der Waals surface area contributed by atoms with Crippen molar-refractivity contribution in [2.24, 2.45) is 0 Å². The first-order valence-electron chi connectivity index (χ1n) is 12.8. The summed E-state index contributed by atoms with van der Waals surface area (Å²) >= 11 is 6.22. The van der Waals surface area contributed by atoms with Gasteiger partial charge in [-0.15, -0.1) is 5.10 Å². The Morgan fingerprint density at radius 2 is 1.90 bits per heavy atom. The van der Waals surface area contributed by atoms with Crippen molar-refractivity contribution in [3.05, 3.63) is 71.0 Å². The van der Waals surface area contributed by atoms with E-state index in [4.69, 9.17) is 21.1 Å². The lowest BCUT2D eigenvalue weighted by molar-refractivity contribution is -0.132. The monoisotopic (exact) mass is 565 g/mol. The second-order valence-electron chi connectivity index (χ2n) is 9.39. The maximum Gasteiger partial charge on any atom is 0.337 e. The van der Waals surface area contributed by atoms with Crippen molar-refractivity contribution in [2.75, 3.05) is 45.3 Å². The van der Waals surface area contributed by atoms with Gasteiger partial charge in [0, 0.05) is 48.0 Å². The van der Waals surface area contributed by atoms with Crippen LogP contribution in [0.25, 0.3) is 11.8 Å². The number of likely N-dealkylation sites (tertiary alicyclic amines) is 1. The Labute approximate surface area is 235 Å². The third-order valence-electron chi connectivity index (χ3n) is 6.99. The molecule has 0 aliphatic carbocycles. The average molecular weight is 566 g/mol. The lowest BCUT2D eigenvalue weighted by atomic mass is 10.1. The average Bonchev–Trinajstić information content (AvgIpc) is 3.68. The highest BCUT2D eigenvalue weighted by Gasteiger charge is 2.41. The van der Waals surface area contributed by atoms with Crippen LogP contribution < -0.4 is 5.32 Å². The molecule has 2 aliphatic heterocycles. The lowest BCUT2D eigenvalue weighted by Gasteiger charge is -2.31. The number of carbonyl (C=O) groups is 3. The first-order valence-corrected chi connectivity index (χ1v) is 13.1. The molecule has 40 heavy (non-hydrogen) atoms. The molecule has 5 rings (SSSR count). The summed E-state index contributed by atoms with van der Waals surface area (Å²) in [5.41, 5.74) is 2.18. The zero-order chi connectivity index (χ0) is 28.1. The van der Waals surface area contributed by atoms with Crippen molar-refractivity contribution >= 4 is 41.1 Å². The van der Waals surface area contributed by atoms with Crippen molar-refractivity contribution in [3.8, 4) is 5.69 Å². The maximum atomic E-state index is 13.5. The molecule has 0 unspecified atom stereocenters. The third-order valence-corrected chi connectivity index (χ3v) is 7.23. The molecule has 2 aromatic carbocycles. The van der Waals surface area contributed by atoms with Crippen molar-refractivity contribution in [2.45, 2.75) is 18.5 Å². The molecule has 0 saturated carbocycles. The minimum atomic E-state index is -0.691. The first-order chi connectivity index (χ1) is 19.4. The number of amides is 2. The summed E-state index contributed by atoms with van der Waals surface area (Å²) in [5.74, 6) is -1.08. The second-order valence-corrected chi connectivity index (χ2v) is 9.83. The molecular formula is C27H28ClN7O5. The molecule has 2 aliphatic rings. The number of nitrogens with zero attached hydrogens (tertiary/aromatic N) is 6. The molecule has 12 nitrogen and oxygen atoms in total. The van der Waals surface area contributed by atoms with E-state index < -0.39 is 12.0 Å². The van der Waals surface area contributed by atoms with E-state index in [2.05, 4.69) is 25.7 Å². The van der Waals surface area contributed by atoms with Crippen LogP contribution in [0.1, 0.15) is 22.3 Å². The number of ether oxygens (including phenoxy) is 2. The van der Waals surface area contributed by atoms with Crippen LogP contribution >= 0.6 is 11.6 Å². The summed E-state index contributed by atoms with van der Waals surface area (Å²) in [6.45, 7) is 3.11. The number of rotatable bonds is 7. The predicted molar refractivity (Wildman–Crippen MR) is 146 cm³/mol. The maximum absolute atomic E-state index is 13.5. The van der Waals surface area contributed by atoms with Gasteiger partial charge in [-0.1, -0.05) is 11.6 Å². The van der Waals surface area contributed by atoms with Crippen LogP contribution in [0.3, 0.4) is 0 Å². The van der Waals surface area contributed by atoms with Crippen molar-refractivity contribution in [1.82, 2.24) is 30.0 Å². The number of halogens is 1. The van der Waals surface area contributed by atoms with E-state index in [1.54, 1.807) is 53.4 Å². The topological polar surface area (TPSA) is 132 Å². The molecule has 0 radical (unpaired) electrons. The fraction of sp³-hybridized carbons (Fsp3) is 0.333. The predicted octanol–water partition coefficient (Wildman–Crippen LogP) is 2.06. The first kappa shape index (κ1) is 27.4. The van der Waals surface area contributed by atoms with Crippen molar-refractivity contribution < 1.29 is 23.9 Å². The van der Waals surface area contributed by atoms with Crippen LogP contribution in [0.15, 0.2) is 54.9 Å². The molecular weight excluding hydrogens is 538 g/mol. The molecule has 2 fully saturated rings. The molecule has 2 atom stereocenters. The lowest BCUT2D eigenvalue weighted by Crippen LogP contribution is -2.45. The Morgan fingerprint density at radius 3 is 2.60 bits per heavy atom. The molecule has 2 saturated heterocycles. The van der Waals surface area contributed by atoms with E-state index in [0.717, 1.165) is 13.1 Å². The van der Waals surface area contributed by atoms with Crippen LogP contribution in [-0.4, -0.2) is 99.8 Å². The van der Waals surface area contributed by atoms with Gasteiger partial charge in [-0.25, -0.2) is 4.79 Å². The highest BCUT2D eigenvalue weighted by molar-refractivity contribution is 6.30. The Hall–Kier alpha value is -4.13. The number of aromatic nitrogens is 4. The Balaban J connectivity index is 1.36. The number of methoxy groups -OCH3 is 1. The SMILES string of the molecule is COC(=O)c1ccc(NC(=O)[C@@H]2C[C@H](N3CCOCC3)CN2C(=O)/C=C/c2cc(Cl)ccc2-n2cnnn2)cc1. The van der Waals surface area contributed by atoms with E-state index >= 15 is 0 Å². The summed E-state index contributed by atoms with van der Waals surface area (Å²) in [4.78, 5) is 42.6. The van der Waals surface area contributed by atoms with Crippen LogP contribution in [-0.2, 0) is 19.1 Å². The summed E-state index contributed by atoms with van der Waals surface area (Å²) < 4.78 is 11.7. The van der Waals surface area contributed by atoms with E-state index in [1.807, 2.05) is 0 Å². The van der Waals surface area contributed by atoms with Crippen LogP contribution in [0.4, 0.5) is 5.69 Å². The zero-order valence-corrected chi connectivity index (χ0v) is 22.5. The molecule has 0 bridgehead atoms. The van der Waals surface area contributed by atoms with Gasteiger partial charge in [0.15, 0.2) is 0 Å². The second kappa shape index (κ2) is 12.4. The molecule has 13 heteroatoms. The van der Waals surface area contributed by atoms with Gasteiger partial charge < -0.3 is 19.7 Å². The van der Waals surface area contributed by atoms with Gasteiger partial charge in [0.05, 0.1) is 31.6 Å². The minimum absolute atomic E-state index is 0.0154. The molecule has 3 heterocycles. The number of benzene rings is 2. The summed E-state index contributed by atoms with van der Waals surface area (Å²) in [6, 6.07) is 10.9. The number of tetrazole rings is 1. The molecule has 0 spiro atoms. The number of hydrogen-bond donors (Lipinski definition) is 1. The quantitative estimate of drug-likeness (QED) is 0.338. The third kappa shape index (κ3) is 6.19. The zero-order valence-electron chi connectivity index (χ0n) is 21.8. The number of carbonyl (C=O) groups excluding carboxylic acids is 3. The summed E-state index contributed by atoms with van der Waals surface area (Å²) in [6.07, 6.45) is 5.02. The van der Waals surface area contributed by atoms with Gasteiger partial charge in [0.2, 0.25) is 11.8 Å². The van der Waals surface area contributed by atoms with Crippen LogP contribution in [0, 0.1) is 0 Å². The minimum Gasteiger partial charge on any atom is -0.465 e. The number of hydrogen-bond acceptors (Lipinski definition) is 9. The Bertz CT molecular complexity index is 1390. The highest BCUT2D eigenvalue weighted by Crippen LogP contribution is 2.26.